The van der Waals surface area contributed by atoms with E-state index in [1.165, 1.54) is 31.2 Å². The minimum Gasteiger partial charge on any atom is -0.458 e. The molecule has 1 aromatic rings. The molecule has 0 radical (unpaired) electrons. The summed E-state index contributed by atoms with van der Waals surface area (Å²) < 4.78 is 5.14. The van der Waals surface area contributed by atoms with Crippen LogP contribution in [-0.4, -0.2) is 28.4 Å². The SMILES string of the molecule is C[C@@H](NC(=O)c1ccc([N+](=O)[O-])cc1)C(=O)OC(C)(C)C. The maximum atomic E-state index is 11.9. The number of carbonyl (C=O) groups is 2. The van der Waals surface area contributed by atoms with Gasteiger partial charge in [-0.15, -0.1) is 0 Å². The summed E-state index contributed by atoms with van der Waals surface area (Å²) in [5, 5.41) is 13.0. The summed E-state index contributed by atoms with van der Waals surface area (Å²) >= 11 is 0. The Morgan fingerprint density at radius 2 is 1.76 bits per heavy atom. The van der Waals surface area contributed by atoms with Gasteiger partial charge in [0.25, 0.3) is 11.6 Å². The van der Waals surface area contributed by atoms with Crippen LogP contribution in [0.25, 0.3) is 0 Å². The molecule has 21 heavy (non-hydrogen) atoms. The second-order valence-electron chi connectivity index (χ2n) is 5.53. The van der Waals surface area contributed by atoms with Crippen molar-refractivity contribution in [3.8, 4) is 0 Å². The molecule has 7 heteroatoms. The number of nitro benzene ring substituents is 1. The van der Waals surface area contributed by atoms with Gasteiger partial charge in [-0.3, -0.25) is 14.9 Å². The molecule has 1 atom stereocenters. The molecule has 0 unspecified atom stereocenters. The number of non-ortho nitro benzene ring substituents is 1. The van der Waals surface area contributed by atoms with Gasteiger partial charge in [-0.05, 0) is 39.8 Å². The first-order valence-corrected chi connectivity index (χ1v) is 6.38. The normalized spacial score (nSPS) is 12.4. The van der Waals surface area contributed by atoms with Gasteiger partial charge < -0.3 is 10.1 Å². The Kier molecular flexibility index (Phi) is 5.02. The summed E-state index contributed by atoms with van der Waals surface area (Å²) in [5.41, 5.74) is -0.508. The van der Waals surface area contributed by atoms with Crippen molar-refractivity contribution in [1.29, 1.82) is 0 Å². The number of amides is 1. The van der Waals surface area contributed by atoms with E-state index in [4.69, 9.17) is 4.74 Å². The number of rotatable bonds is 4. The van der Waals surface area contributed by atoms with Gasteiger partial charge in [-0.25, -0.2) is 4.79 Å². The van der Waals surface area contributed by atoms with E-state index in [1.54, 1.807) is 20.8 Å². The molecule has 1 rings (SSSR count). The Labute approximate surface area is 122 Å². The number of nitrogens with zero attached hydrogens (tertiary/aromatic N) is 1. The topological polar surface area (TPSA) is 98.5 Å². The largest absolute Gasteiger partial charge is 0.458 e. The van der Waals surface area contributed by atoms with Crippen LogP contribution in [0, 0.1) is 10.1 Å². The monoisotopic (exact) mass is 294 g/mol. The zero-order chi connectivity index (χ0) is 16.2. The lowest BCUT2D eigenvalue weighted by Crippen LogP contribution is -2.42. The summed E-state index contributed by atoms with van der Waals surface area (Å²) in [6.45, 7) is 6.71. The molecule has 0 saturated heterocycles. The Bertz CT molecular complexity index is 545. The Balaban J connectivity index is 2.68. The first-order valence-electron chi connectivity index (χ1n) is 6.38. The van der Waals surface area contributed by atoms with Crippen LogP contribution in [0.3, 0.4) is 0 Å². The fourth-order valence-electron chi connectivity index (χ4n) is 1.46. The molecule has 7 nitrogen and oxygen atoms in total. The molecule has 0 heterocycles. The Hall–Kier alpha value is -2.44. The molecule has 0 aromatic heterocycles. The molecule has 0 spiro atoms. The minimum atomic E-state index is -0.813. The quantitative estimate of drug-likeness (QED) is 0.520. The van der Waals surface area contributed by atoms with Crippen molar-refractivity contribution in [2.24, 2.45) is 0 Å². The van der Waals surface area contributed by atoms with E-state index >= 15 is 0 Å². The number of benzene rings is 1. The molecule has 0 bridgehead atoms. The minimum absolute atomic E-state index is 0.105. The average Bonchev–Trinajstić information content (AvgIpc) is 2.36. The lowest BCUT2D eigenvalue weighted by molar-refractivity contribution is -0.384. The van der Waals surface area contributed by atoms with Gasteiger partial charge in [0.1, 0.15) is 11.6 Å². The van der Waals surface area contributed by atoms with E-state index in [9.17, 15) is 19.7 Å². The maximum Gasteiger partial charge on any atom is 0.328 e. The predicted molar refractivity (Wildman–Crippen MR) is 75.9 cm³/mol. The standard InChI is InChI=1S/C14H18N2O5/c1-9(13(18)21-14(2,3)4)15-12(17)10-5-7-11(8-6-10)16(19)20/h5-9H,1-4H3,(H,15,17)/t9-/m1/s1. The molecule has 0 aliphatic heterocycles. The molecular formula is C14H18N2O5. The van der Waals surface area contributed by atoms with E-state index in [0.29, 0.717) is 0 Å². The van der Waals surface area contributed by atoms with Crippen molar-refractivity contribution < 1.29 is 19.2 Å². The molecule has 1 amide bonds. The molecule has 114 valence electrons. The fraction of sp³-hybridized carbons (Fsp3) is 0.429. The number of nitrogens with one attached hydrogen (secondary N) is 1. The molecule has 0 aliphatic carbocycles. The molecule has 1 N–H and O–H groups in total. The third kappa shape index (κ3) is 5.21. The number of carbonyl (C=O) groups excluding carboxylic acids is 2. The van der Waals surface area contributed by atoms with Crippen molar-refractivity contribution in [1.82, 2.24) is 5.32 Å². The van der Waals surface area contributed by atoms with Gasteiger partial charge in [-0.1, -0.05) is 0 Å². The van der Waals surface area contributed by atoms with Gasteiger partial charge in [-0.2, -0.15) is 0 Å². The fourth-order valence-corrected chi connectivity index (χ4v) is 1.46. The van der Waals surface area contributed by atoms with Gasteiger partial charge in [0.2, 0.25) is 0 Å². The lowest BCUT2D eigenvalue weighted by atomic mass is 10.1. The number of esters is 1. The summed E-state index contributed by atoms with van der Waals surface area (Å²) in [5.74, 6) is -1.04. The van der Waals surface area contributed by atoms with Crippen LogP contribution in [0.4, 0.5) is 5.69 Å². The summed E-state index contributed by atoms with van der Waals surface area (Å²) in [6, 6.07) is 4.30. The smallest absolute Gasteiger partial charge is 0.328 e. The van der Waals surface area contributed by atoms with Crippen molar-refractivity contribution in [2.45, 2.75) is 39.3 Å². The zero-order valence-corrected chi connectivity index (χ0v) is 12.4. The lowest BCUT2D eigenvalue weighted by Gasteiger charge is -2.22. The predicted octanol–water partition coefficient (Wildman–Crippen LogP) is 2.05. The molecule has 1 aromatic carbocycles. The Morgan fingerprint density at radius 1 is 1.24 bits per heavy atom. The Morgan fingerprint density at radius 3 is 2.19 bits per heavy atom. The van der Waals surface area contributed by atoms with Gasteiger partial charge in [0.15, 0.2) is 0 Å². The first kappa shape index (κ1) is 16.6. The van der Waals surface area contributed by atoms with Crippen molar-refractivity contribution >= 4 is 17.6 Å². The second-order valence-corrected chi connectivity index (χ2v) is 5.53. The van der Waals surface area contributed by atoms with E-state index in [0.717, 1.165) is 0 Å². The number of hydrogen-bond donors (Lipinski definition) is 1. The van der Waals surface area contributed by atoms with Crippen molar-refractivity contribution in [3.05, 3.63) is 39.9 Å². The third-order valence-electron chi connectivity index (χ3n) is 2.45. The van der Waals surface area contributed by atoms with Gasteiger partial charge >= 0.3 is 5.97 Å². The third-order valence-corrected chi connectivity index (χ3v) is 2.45. The van der Waals surface area contributed by atoms with Crippen LogP contribution >= 0.6 is 0 Å². The van der Waals surface area contributed by atoms with Crippen LogP contribution in [0.5, 0.6) is 0 Å². The van der Waals surface area contributed by atoms with Crippen LogP contribution < -0.4 is 5.32 Å². The molecule has 0 saturated carbocycles. The zero-order valence-electron chi connectivity index (χ0n) is 12.4. The number of nitro groups is 1. The van der Waals surface area contributed by atoms with Gasteiger partial charge in [0, 0.05) is 17.7 Å². The van der Waals surface area contributed by atoms with Crippen molar-refractivity contribution in [2.75, 3.05) is 0 Å². The molecule has 0 fully saturated rings. The number of ether oxygens (including phenoxy) is 1. The van der Waals surface area contributed by atoms with Crippen LogP contribution in [0.2, 0.25) is 0 Å². The van der Waals surface area contributed by atoms with Crippen LogP contribution in [0.15, 0.2) is 24.3 Å². The molecular weight excluding hydrogens is 276 g/mol. The highest BCUT2D eigenvalue weighted by Crippen LogP contribution is 2.12. The summed E-state index contributed by atoms with van der Waals surface area (Å²) in [4.78, 5) is 33.6. The first-order chi connectivity index (χ1) is 9.60. The summed E-state index contributed by atoms with van der Waals surface area (Å²) in [7, 11) is 0. The van der Waals surface area contributed by atoms with Gasteiger partial charge in [0.05, 0.1) is 4.92 Å². The van der Waals surface area contributed by atoms with E-state index in [-0.39, 0.29) is 11.3 Å². The van der Waals surface area contributed by atoms with Crippen molar-refractivity contribution in [3.63, 3.8) is 0 Å². The van der Waals surface area contributed by atoms with E-state index < -0.39 is 28.4 Å². The van der Waals surface area contributed by atoms with E-state index in [2.05, 4.69) is 5.32 Å². The van der Waals surface area contributed by atoms with Crippen LogP contribution in [0.1, 0.15) is 38.1 Å². The molecule has 0 aliphatic rings. The highest BCUT2D eigenvalue weighted by atomic mass is 16.6. The summed E-state index contributed by atoms with van der Waals surface area (Å²) in [6.07, 6.45) is 0. The highest BCUT2D eigenvalue weighted by molar-refractivity contribution is 5.96. The number of hydrogen-bond acceptors (Lipinski definition) is 5. The second kappa shape index (κ2) is 6.34. The van der Waals surface area contributed by atoms with Crippen LogP contribution in [-0.2, 0) is 9.53 Å². The highest BCUT2D eigenvalue weighted by Gasteiger charge is 2.23. The average molecular weight is 294 g/mol. The van der Waals surface area contributed by atoms with E-state index in [1.807, 2.05) is 0 Å². The maximum absolute atomic E-state index is 11.9.